The number of ether oxygens (including phenoxy) is 3. The Labute approximate surface area is 148 Å². The topological polar surface area (TPSA) is 78.9 Å². The van der Waals surface area contributed by atoms with Crippen molar-refractivity contribution < 1.29 is 28.6 Å². The summed E-state index contributed by atoms with van der Waals surface area (Å²) in [5.74, 6) is -0.419. The van der Waals surface area contributed by atoms with E-state index in [9.17, 15) is 14.4 Å². The van der Waals surface area contributed by atoms with E-state index in [0.717, 1.165) is 19.3 Å². The van der Waals surface area contributed by atoms with Crippen molar-refractivity contribution in [1.29, 1.82) is 0 Å². The Kier molecular flexibility index (Phi) is 4.82. The fourth-order valence-corrected chi connectivity index (χ4v) is 5.52. The van der Waals surface area contributed by atoms with E-state index < -0.39 is 5.41 Å². The van der Waals surface area contributed by atoms with Crippen molar-refractivity contribution in [3.8, 4) is 0 Å². The molecule has 2 saturated carbocycles. The third-order valence-electron chi connectivity index (χ3n) is 6.68. The van der Waals surface area contributed by atoms with Gasteiger partial charge < -0.3 is 14.2 Å². The Hall–Kier alpha value is -1.59. The first-order chi connectivity index (χ1) is 11.8. The summed E-state index contributed by atoms with van der Waals surface area (Å²) in [5.41, 5.74) is -0.641. The Bertz CT molecular complexity index is 572. The molecule has 140 valence electrons. The Balaban J connectivity index is 2.06. The van der Waals surface area contributed by atoms with Crippen LogP contribution < -0.4 is 0 Å². The second-order valence-corrected chi connectivity index (χ2v) is 8.04. The molecule has 0 N–H and O–H groups in total. The molecule has 3 fully saturated rings. The lowest BCUT2D eigenvalue weighted by Gasteiger charge is -2.44. The highest BCUT2D eigenvalue weighted by molar-refractivity contribution is 5.75. The summed E-state index contributed by atoms with van der Waals surface area (Å²) in [6.07, 6.45) is 2.75. The molecule has 0 spiro atoms. The number of esters is 3. The van der Waals surface area contributed by atoms with Crippen molar-refractivity contribution >= 4 is 17.9 Å². The molecule has 0 bridgehead atoms. The average Bonchev–Trinajstić information content (AvgIpc) is 2.98. The highest BCUT2D eigenvalue weighted by Gasteiger charge is 2.66. The molecule has 0 aromatic rings. The first-order valence-electron chi connectivity index (χ1n) is 9.28. The monoisotopic (exact) mass is 352 g/mol. The van der Waals surface area contributed by atoms with Gasteiger partial charge in [-0.2, -0.15) is 0 Å². The Morgan fingerprint density at radius 2 is 1.84 bits per heavy atom. The van der Waals surface area contributed by atoms with E-state index in [2.05, 4.69) is 6.92 Å². The molecule has 1 heterocycles. The molecule has 3 aliphatic rings. The van der Waals surface area contributed by atoms with Gasteiger partial charge in [0.05, 0.1) is 11.3 Å². The summed E-state index contributed by atoms with van der Waals surface area (Å²) < 4.78 is 17.0. The van der Waals surface area contributed by atoms with Gasteiger partial charge >= 0.3 is 17.9 Å². The standard InChI is InChI=1S/C19H28O6/c1-10-5-6-14-11(2)18(22)25-17(14)19(9-23-12(3)20)15(10)7-8-16(19)24-13(4)21/h10-11,14-17H,5-9H2,1-4H3. The van der Waals surface area contributed by atoms with Gasteiger partial charge in [0, 0.05) is 19.8 Å². The SMILES string of the molecule is CC(=O)OCC12C(OC(C)=O)CCC1C(C)CCC1C(C)C(=O)OC12. The number of rotatable bonds is 3. The van der Waals surface area contributed by atoms with Crippen LogP contribution >= 0.6 is 0 Å². The first-order valence-corrected chi connectivity index (χ1v) is 9.28. The Morgan fingerprint density at radius 1 is 1.12 bits per heavy atom. The van der Waals surface area contributed by atoms with Crippen LogP contribution in [0, 0.1) is 29.1 Å². The van der Waals surface area contributed by atoms with Crippen molar-refractivity contribution in [3.05, 3.63) is 0 Å². The van der Waals surface area contributed by atoms with Crippen molar-refractivity contribution in [2.75, 3.05) is 6.61 Å². The molecule has 0 aromatic carbocycles. The van der Waals surface area contributed by atoms with Crippen LogP contribution in [-0.4, -0.2) is 36.7 Å². The molecule has 1 aliphatic heterocycles. The van der Waals surface area contributed by atoms with Crippen LogP contribution in [0.5, 0.6) is 0 Å². The van der Waals surface area contributed by atoms with Gasteiger partial charge in [0.1, 0.15) is 18.8 Å². The maximum absolute atomic E-state index is 12.3. The van der Waals surface area contributed by atoms with E-state index in [1.54, 1.807) is 0 Å². The van der Waals surface area contributed by atoms with E-state index in [1.165, 1.54) is 13.8 Å². The third-order valence-corrected chi connectivity index (χ3v) is 6.68. The maximum atomic E-state index is 12.3. The van der Waals surface area contributed by atoms with Gasteiger partial charge in [-0.3, -0.25) is 14.4 Å². The van der Waals surface area contributed by atoms with Crippen molar-refractivity contribution in [2.45, 2.75) is 65.6 Å². The molecule has 6 heteroatoms. The third kappa shape index (κ3) is 2.93. The summed E-state index contributed by atoms with van der Waals surface area (Å²) in [6, 6.07) is 0. The maximum Gasteiger partial charge on any atom is 0.309 e. The van der Waals surface area contributed by atoms with Crippen LogP contribution in [0.2, 0.25) is 0 Å². The van der Waals surface area contributed by atoms with Gasteiger partial charge in [-0.15, -0.1) is 0 Å². The summed E-state index contributed by atoms with van der Waals surface area (Å²) in [7, 11) is 0. The lowest BCUT2D eigenvalue weighted by Crippen LogP contribution is -2.53. The summed E-state index contributed by atoms with van der Waals surface area (Å²) in [6.45, 7) is 7.02. The zero-order valence-electron chi connectivity index (χ0n) is 15.4. The van der Waals surface area contributed by atoms with E-state index in [1.807, 2.05) is 6.92 Å². The molecule has 0 aromatic heterocycles. The highest BCUT2D eigenvalue weighted by atomic mass is 16.6. The van der Waals surface area contributed by atoms with Crippen LogP contribution in [0.25, 0.3) is 0 Å². The van der Waals surface area contributed by atoms with E-state index in [-0.39, 0.29) is 54.5 Å². The first kappa shape index (κ1) is 18.2. The molecule has 1 saturated heterocycles. The van der Waals surface area contributed by atoms with Gasteiger partial charge in [0.15, 0.2) is 0 Å². The van der Waals surface area contributed by atoms with Gasteiger partial charge in [-0.1, -0.05) is 13.8 Å². The fourth-order valence-electron chi connectivity index (χ4n) is 5.52. The molecule has 7 atom stereocenters. The fraction of sp³-hybridized carbons (Fsp3) is 0.842. The van der Waals surface area contributed by atoms with E-state index in [4.69, 9.17) is 14.2 Å². The van der Waals surface area contributed by atoms with Crippen LogP contribution in [-0.2, 0) is 28.6 Å². The molecule has 25 heavy (non-hydrogen) atoms. The average molecular weight is 352 g/mol. The minimum Gasteiger partial charge on any atom is -0.465 e. The summed E-state index contributed by atoms with van der Waals surface area (Å²) >= 11 is 0. The van der Waals surface area contributed by atoms with Crippen LogP contribution in [0.3, 0.4) is 0 Å². The molecule has 6 nitrogen and oxygen atoms in total. The van der Waals surface area contributed by atoms with Gasteiger partial charge in [0.25, 0.3) is 0 Å². The number of hydrogen-bond donors (Lipinski definition) is 0. The van der Waals surface area contributed by atoms with Gasteiger partial charge in [0.2, 0.25) is 0 Å². The second kappa shape index (κ2) is 6.61. The van der Waals surface area contributed by atoms with Gasteiger partial charge in [-0.25, -0.2) is 0 Å². The quantitative estimate of drug-likeness (QED) is 0.573. The second-order valence-electron chi connectivity index (χ2n) is 8.04. The lowest BCUT2D eigenvalue weighted by atomic mass is 9.66. The highest BCUT2D eigenvalue weighted by Crippen LogP contribution is 2.59. The number of carbonyl (C=O) groups excluding carboxylic acids is 3. The number of carbonyl (C=O) groups is 3. The minimum atomic E-state index is -0.641. The Morgan fingerprint density at radius 3 is 2.48 bits per heavy atom. The smallest absolute Gasteiger partial charge is 0.309 e. The molecule has 2 aliphatic carbocycles. The molecule has 0 amide bonds. The van der Waals surface area contributed by atoms with Crippen LogP contribution in [0.15, 0.2) is 0 Å². The predicted molar refractivity (Wildman–Crippen MR) is 88.3 cm³/mol. The molecule has 3 rings (SSSR count). The van der Waals surface area contributed by atoms with Crippen LogP contribution in [0.1, 0.15) is 53.4 Å². The molecular weight excluding hydrogens is 324 g/mol. The van der Waals surface area contributed by atoms with Crippen molar-refractivity contribution in [3.63, 3.8) is 0 Å². The molecule has 0 radical (unpaired) electrons. The largest absolute Gasteiger partial charge is 0.465 e. The normalized spacial score (nSPS) is 42.8. The van der Waals surface area contributed by atoms with Gasteiger partial charge in [-0.05, 0) is 37.5 Å². The zero-order chi connectivity index (χ0) is 18.4. The predicted octanol–water partition coefficient (Wildman–Crippen LogP) is 2.49. The van der Waals surface area contributed by atoms with E-state index >= 15 is 0 Å². The van der Waals surface area contributed by atoms with E-state index in [0.29, 0.717) is 12.3 Å². The number of hydrogen-bond acceptors (Lipinski definition) is 6. The van der Waals surface area contributed by atoms with Crippen molar-refractivity contribution in [2.24, 2.45) is 29.1 Å². The van der Waals surface area contributed by atoms with Crippen LogP contribution in [0.4, 0.5) is 0 Å². The zero-order valence-corrected chi connectivity index (χ0v) is 15.4. The minimum absolute atomic E-state index is 0.0756. The summed E-state index contributed by atoms with van der Waals surface area (Å²) in [5, 5.41) is 0. The summed E-state index contributed by atoms with van der Waals surface area (Å²) in [4.78, 5) is 35.6. The van der Waals surface area contributed by atoms with Crippen molar-refractivity contribution in [1.82, 2.24) is 0 Å². The number of fused-ring (bicyclic) bond motifs is 3. The molecule has 7 unspecified atom stereocenters. The lowest BCUT2D eigenvalue weighted by molar-refractivity contribution is -0.182. The molecular formula is C19H28O6.